The maximum Gasteiger partial charge on any atom is 0.222 e. The molecule has 2 N–H and O–H groups in total. The minimum absolute atomic E-state index is 0.0150. The van der Waals surface area contributed by atoms with Crippen LogP contribution in [-0.4, -0.2) is 30.8 Å². The molecule has 1 aromatic rings. The molecule has 1 atom stereocenters. The molecule has 0 fully saturated rings. The summed E-state index contributed by atoms with van der Waals surface area (Å²) in [4.78, 5) is 11.9. The highest BCUT2D eigenvalue weighted by molar-refractivity contribution is 6.34. The first-order valence-corrected chi connectivity index (χ1v) is 7.96. The minimum Gasteiger partial charge on any atom is -0.388 e. The van der Waals surface area contributed by atoms with Crippen molar-refractivity contribution in [2.75, 3.05) is 19.8 Å². The van der Waals surface area contributed by atoms with Gasteiger partial charge in [-0.1, -0.05) is 34.9 Å². The molecule has 1 unspecified atom stereocenters. The Morgan fingerprint density at radius 2 is 2.05 bits per heavy atom. The van der Waals surface area contributed by atoms with E-state index >= 15 is 0 Å². The van der Waals surface area contributed by atoms with Gasteiger partial charge in [0, 0.05) is 16.6 Å². The summed E-state index contributed by atoms with van der Waals surface area (Å²) in [5.41, 5.74) is 1.84. The Bertz CT molecular complexity index is 540. The van der Waals surface area contributed by atoms with Crippen LogP contribution in [0, 0.1) is 0 Å². The van der Waals surface area contributed by atoms with E-state index in [1.54, 1.807) is 18.2 Å². The Morgan fingerprint density at radius 1 is 1.32 bits per heavy atom. The van der Waals surface area contributed by atoms with Crippen molar-refractivity contribution in [3.63, 3.8) is 0 Å². The summed E-state index contributed by atoms with van der Waals surface area (Å²) in [7, 11) is 0. The SMILES string of the molecule is O=C(CC(O)c1cc(Cl)cc(Cl)c1)NCCC1=CCOCC1. The van der Waals surface area contributed by atoms with Gasteiger partial charge in [-0.25, -0.2) is 0 Å². The van der Waals surface area contributed by atoms with Crippen molar-refractivity contribution in [2.24, 2.45) is 0 Å². The minimum atomic E-state index is -0.918. The standard InChI is InChI=1S/C16H19Cl2NO3/c17-13-7-12(8-14(18)9-13)15(20)10-16(21)19-4-1-11-2-5-22-6-3-11/h2,7-9,15,20H,1,3-6,10H2,(H,19,21). The van der Waals surface area contributed by atoms with Gasteiger partial charge in [-0.15, -0.1) is 0 Å². The van der Waals surface area contributed by atoms with Crippen LogP contribution >= 0.6 is 23.2 Å². The average Bonchev–Trinajstić information content (AvgIpc) is 2.47. The van der Waals surface area contributed by atoms with Crippen LogP contribution in [0.4, 0.5) is 0 Å². The van der Waals surface area contributed by atoms with E-state index < -0.39 is 6.10 Å². The van der Waals surface area contributed by atoms with Crippen molar-refractivity contribution in [1.82, 2.24) is 5.32 Å². The summed E-state index contributed by atoms with van der Waals surface area (Å²) in [6, 6.07) is 4.80. The molecule has 120 valence electrons. The third-order valence-electron chi connectivity index (χ3n) is 3.47. The average molecular weight is 344 g/mol. The Morgan fingerprint density at radius 3 is 2.68 bits per heavy atom. The van der Waals surface area contributed by atoms with Gasteiger partial charge < -0.3 is 15.2 Å². The Balaban J connectivity index is 1.77. The van der Waals surface area contributed by atoms with Crippen LogP contribution in [0.5, 0.6) is 0 Å². The van der Waals surface area contributed by atoms with E-state index in [1.165, 1.54) is 5.57 Å². The second-order valence-electron chi connectivity index (χ2n) is 5.21. The summed E-state index contributed by atoms with van der Waals surface area (Å²) < 4.78 is 5.23. The van der Waals surface area contributed by atoms with Gasteiger partial charge in [0.05, 0.1) is 25.7 Å². The van der Waals surface area contributed by atoms with Crippen LogP contribution in [-0.2, 0) is 9.53 Å². The lowest BCUT2D eigenvalue weighted by atomic mass is 10.1. The van der Waals surface area contributed by atoms with Crippen LogP contribution in [0.25, 0.3) is 0 Å². The van der Waals surface area contributed by atoms with Gasteiger partial charge in [0.1, 0.15) is 0 Å². The number of amides is 1. The van der Waals surface area contributed by atoms with Gasteiger partial charge in [-0.3, -0.25) is 4.79 Å². The summed E-state index contributed by atoms with van der Waals surface area (Å²) in [6.45, 7) is 1.96. The molecule has 0 aliphatic carbocycles. The lowest BCUT2D eigenvalue weighted by Gasteiger charge is -2.15. The first kappa shape index (κ1) is 17.3. The number of ether oxygens (including phenoxy) is 1. The zero-order valence-corrected chi connectivity index (χ0v) is 13.7. The molecule has 22 heavy (non-hydrogen) atoms. The molecule has 0 aromatic heterocycles. The maximum absolute atomic E-state index is 11.9. The van der Waals surface area contributed by atoms with Crippen LogP contribution in [0.2, 0.25) is 10.0 Å². The number of carbonyl (C=O) groups is 1. The van der Waals surface area contributed by atoms with Crippen molar-refractivity contribution in [2.45, 2.75) is 25.4 Å². The number of aliphatic hydroxyl groups is 1. The molecule has 0 radical (unpaired) electrons. The van der Waals surface area contributed by atoms with E-state index in [0.717, 1.165) is 19.4 Å². The molecule has 2 rings (SSSR count). The highest BCUT2D eigenvalue weighted by Gasteiger charge is 2.14. The van der Waals surface area contributed by atoms with Gasteiger partial charge in [0.25, 0.3) is 0 Å². The Hall–Kier alpha value is -1.07. The summed E-state index contributed by atoms with van der Waals surface area (Å²) in [5, 5.41) is 13.8. The van der Waals surface area contributed by atoms with E-state index in [-0.39, 0.29) is 12.3 Å². The van der Waals surface area contributed by atoms with Crippen molar-refractivity contribution < 1.29 is 14.6 Å². The van der Waals surface area contributed by atoms with Gasteiger partial charge >= 0.3 is 0 Å². The van der Waals surface area contributed by atoms with Crippen LogP contribution in [0.3, 0.4) is 0 Å². The molecule has 0 saturated carbocycles. The van der Waals surface area contributed by atoms with Crippen LogP contribution in [0.15, 0.2) is 29.8 Å². The lowest BCUT2D eigenvalue weighted by molar-refractivity contribution is -0.123. The molecule has 4 nitrogen and oxygen atoms in total. The topological polar surface area (TPSA) is 58.6 Å². The molecule has 1 amide bonds. The predicted octanol–water partition coefficient (Wildman–Crippen LogP) is 3.27. The van der Waals surface area contributed by atoms with Crippen LogP contribution in [0.1, 0.15) is 30.9 Å². The van der Waals surface area contributed by atoms with E-state index in [0.29, 0.717) is 28.8 Å². The fourth-order valence-electron chi connectivity index (χ4n) is 2.29. The maximum atomic E-state index is 11.9. The van der Waals surface area contributed by atoms with E-state index in [4.69, 9.17) is 27.9 Å². The third-order valence-corrected chi connectivity index (χ3v) is 3.91. The molecule has 1 aromatic carbocycles. The molecule has 0 bridgehead atoms. The Labute approximate surface area is 140 Å². The summed E-state index contributed by atoms with van der Waals surface area (Å²) in [5.74, 6) is -0.198. The zero-order valence-electron chi connectivity index (χ0n) is 12.1. The molecule has 1 aliphatic heterocycles. The monoisotopic (exact) mass is 343 g/mol. The lowest BCUT2D eigenvalue weighted by Crippen LogP contribution is -2.26. The quantitative estimate of drug-likeness (QED) is 0.779. The van der Waals surface area contributed by atoms with Gasteiger partial charge in [0.15, 0.2) is 0 Å². The number of rotatable bonds is 6. The smallest absolute Gasteiger partial charge is 0.222 e. The predicted molar refractivity (Wildman–Crippen MR) is 87.2 cm³/mol. The van der Waals surface area contributed by atoms with E-state index in [2.05, 4.69) is 11.4 Å². The number of nitrogens with one attached hydrogen (secondary N) is 1. The zero-order chi connectivity index (χ0) is 15.9. The number of aliphatic hydroxyl groups excluding tert-OH is 1. The molecule has 0 spiro atoms. The third kappa shape index (κ3) is 5.61. The number of carbonyl (C=O) groups excluding carboxylic acids is 1. The molecule has 6 heteroatoms. The highest BCUT2D eigenvalue weighted by atomic mass is 35.5. The first-order valence-electron chi connectivity index (χ1n) is 7.21. The molecule has 1 aliphatic rings. The summed E-state index contributed by atoms with van der Waals surface area (Å²) in [6.07, 6.45) is 2.85. The molecular weight excluding hydrogens is 325 g/mol. The largest absolute Gasteiger partial charge is 0.388 e. The number of benzene rings is 1. The van der Waals surface area contributed by atoms with Gasteiger partial charge in [0.2, 0.25) is 5.91 Å². The number of halogens is 2. The Kier molecular flexibility index (Phi) is 6.70. The number of hydrogen-bond acceptors (Lipinski definition) is 3. The fraction of sp³-hybridized carbons (Fsp3) is 0.438. The number of hydrogen-bond donors (Lipinski definition) is 2. The normalized spacial score (nSPS) is 16.0. The van der Waals surface area contributed by atoms with Crippen molar-refractivity contribution in [3.8, 4) is 0 Å². The van der Waals surface area contributed by atoms with E-state index in [1.807, 2.05) is 0 Å². The molecular formula is C16H19Cl2NO3. The fourth-order valence-corrected chi connectivity index (χ4v) is 2.83. The van der Waals surface area contributed by atoms with Crippen LogP contribution < -0.4 is 5.32 Å². The summed E-state index contributed by atoms with van der Waals surface area (Å²) >= 11 is 11.8. The molecule has 0 saturated heterocycles. The second kappa shape index (κ2) is 8.53. The molecule has 1 heterocycles. The van der Waals surface area contributed by atoms with E-state index in [9.17, 15) is 9.90 Å². The van der Waals surface area contributed by atoms with Gasteiger partial charge in [-0.2, -0.15) is 0 Å². The van der Waals surface area contributed by atoms with Crippen molar-refractivity contribution in [1.29, 1.82) is 0 Å². The van der Waals surface area contributed by atoms with Crippen molar-refractivity contribution >= 4 is 29.1 Å². The second-order valence-corrected chi connectivity index (χ2v) is 6.08. The van der Waals surface area contributed by atoms with Crippen molar-refractivity contribution in [3.05, 3.63) is 45.5 Å². The first-order chi connectivity index (χ1) is 10.5. The van der Waals surface area contributed by atoms with Gasteiger partial charge in [-0.05, 0) is 36.6 Å². The highest BCUT2D eigenvalue weighted by Crippen LogP contribution is 2.25.